The minimum Gasteiger partial charge on any atom is -0.385 e. The molecular formula is C15H23NO4S. The lowest BCUT2D eigenvalue weighted by Gasteiger charge is -2.19. The van der Waals surface area contributed by atoms with Crippen LogP contribution in [0.4, 0.5) is 0 Å². The molecule has 0 bridgehead atoms. The average Bonchev–Trinajstić information content (AvgIpc) is 2.46. The van der Waals surface area contributed by atoms with Crippen molar-refractivity contribution in [2.75, 3.05) is 27.3 Å². The number of amides is 1. The maximum absolute atomic E-state index is 12.4. The third-order valence-corrected chi connectivity index (χ3v) is 5.44. The van der Waals surface area contributed by atoms with E-state index < -0.39 is 15.1 Å². The van der Waals surface area contributed by atoms with Crippen LogP contribution in [-0.4, -0.2) is 51.8 Å². The number of hydrogen-bond donors (Lipinski definition) is 0. The molecule has 5 nitrogen and oxygen atoms in total. The smallest absolute Gasteiger partial charge is 0.254 e. The molecule has 0 radical (unpaired) electrons. The Bertz CT molecular complexity index is 581. The average molecular weight is 313 g/mol. The van der Waals surface area contributed by atoms with Crippen molar-refractivity contribution in [1.29, 1.82) is 0 Å². The highest BCUT2D eigenvalue weighted by Gasteiger charge is 2.26. The van der Waals surface area contributed by atoms with Gasteiger partial charge in [0.25, 0.3) is 5.91 Å². The fraction of sp³-hybridized carbons (Fsp3) is 0.533. The van der Waals surface area contributed by atoms with Crippen molar-refractivity contribution < 1.29 is 17.9 Å². The van der Waals surface area contributed by atoms with Crippen molar-refractivity contribution in [3.05, 3.63) is 29.8 Å². The summed E-state index contributed by atoms with van der Waals surface area (Å²) in [7, 11) is -0.216. The highest BCUT2D eigenvalue weighted by atomic mass is 32.2. The van der Waals surface area contributed by atoms with Gasteiger partial charge >= 0.3 is 0 Å². The zero-order valence-electron chi connectivity index (χ0n) is 13.0. The third-order valence-electron chi connectivity index (χ3n) is 3.23. The second kappa shape index (κ2) is 7.56. The second-order valence-electron chi connectivity index (χ2n) is 5.16. The van der Waals surface area contributed by atoms with Crippen molar-refractivity contribution >= 4 is 15.7 Å². The third kappa shape index (κ3) is 4.28. The predicted molar refractivity (Wildman–Crippen MR) is 82.2 cm³/mol. The normalized spacial score (nSPS) is 11.7. The van der Waals surface area contributed by atoms with E-state index in [-0.39, 0.29) is 16.4 Å². The summed E-state index contributed by atoms with van der Waals surface area (Å²) in [6.45, 7) is 4.30. The van der Waals surface area contributed by atoms with E-state index in [1.54, 1.807) is 46.2 Å². The molecule has 0 aromatic heterocycles. The van der Waals surface area contributed by atoms with E-state index in [1.165, 1.54) is 11.0 Å². The molecule has 0 unspecified atom stereocenters. The predicted octanol–water partition coefficient (Wildman–Crippen LogP) is 1.98. The Labute approximate surface area is 126 Å². The summed E-state index contributed by atoms with van der Waals surface area (Å²) in [5.41, 5.74) is 0.228. The minimum atomic E-state index is -3.48. The Morgan fingerprint density at radius 3 is 2.48 bits per heavy atom. The molecule has 118 valence electrons. The van der Waals surface area contributed by atoms with E-state index in [0.29, 0.717) is 19.6 Å². The number of rotatable bonds is 7. The van der Waals surface area contributed by atoms with E-state index in [9.17, 15) is 13.2 Å². The van der Waals surface area contributed by atoms with Crippen molar-refractivity contribution in [2.24, 2.45) is 0 Å². The van der Waals surface area contributed by atoms with Crippen LogP contribution in [0.15, 0.2) is 29.2 Å². The Kier molecular flexibility index (Phi) is 6.36. The van der Waals surface area contributed by atoms with Gasteiger partial charge in [0, 0.05) is 27.3 Å². The zero-order valence-corrected chi connectivity index (χ0v) is 13.8. The Morgan fingerprint density at radius 1 is 1.29 bits per heavy atom. The van der Waals surface area contributed by atoms with Gasteiger partial charge in [-0.05, 0) is 32.4 Å². The summed E-state index contributed by atoms with van der Waals surface area (Å²) < 4.78 is 29.7. The fourth-order valence-corrected chi connectivity index (χ4v) is 3.14. The number of methoxy groups -OCH3 is 1. The molecule has 0 saturated carbocycles. The number of sulfone groups is 1. The van der Waals surface area contributed by atoms with Crippen LogP contribution in [0.5, 0.6) is 0 Å². The second-order valence-corrected chi connectivity index (χ2v) is 7.64. The van der Waals surface area contributed by atoms with Gasteiger partial charge in [0.1, 0.15) is 0 Å². The van der Waals surface area contributed by atoms with E-state index in [4.69, 9.17) is 4.74 Å². The van der Waals surface area contributed by atoms with Crippen LogP contribution < -0.4 is 0 Å². The molecule has 1 aromatic carbocycles. The highest BCUT2D eigenvalue weighted by Crippen LogP contribution is 2.21. The summed E-state index contributed by atoms with van der Waals surface area (Å²) in [5, 5.41) is -0.565. The van der Waals surface area contributed by atoms with E-state index >= 15 is 0 Å². The molecule has 0 aliphatic carbocycles. The SMILES string of the molecule is COCCCN(C)C(=O)c1ccccc1S(=O)(=O)C(C)C. The first-order chi connectivity index (χ1) is 9.82. The van der Waals surface area contributed by atoms with Gasteiger partial charge in [0.2, 0.25) is 0 Å². The van der Waals surface area contributed by atoms with Crippen LogP contribution in [0.25, 0.3) is 0 Å². The summed E-state index contributed by atoms with van der Waals surface area (Å²) in [4.78, 5) is 14.1. The van der Waals surface area contributed by atoms with Crippen LogP contribution in [0.1, 0.15) is 30.6 Å². The van der Waals surface area contributed by atoms with Crippen molar-refractivity contribution in [2.45, 2.75) is 30.4 Å². The van der Waals surface area contributed by atoms with Gasteiger partial charge in [0.15, 0.2) is 9.84 Å². The number of ether oxygens (including phenoxy) is 1. The molecule has 0 heterocycles. The number of carbonyl (C=O) groups is 1. The summed E-state index contributed by atoms with van der Waals surface area (Å²) in [5.74, 6) is -0.286. The van der Waals surface area contributed by atoms with Crippen LogP contribution >= 0.6 is 0 Å². The number of benzene rings is 1. The molecule has 0 N–H and O–H groups in total. The van der Waals surface area contributed by atoms with Crippen molar-refractivity contribution in [3.8, 4) is 0 Å². The monoisotopic (exact) mass is 313 g/mol. The minimum absolute atomic E-state index is 0.101. The first kappa shape index (κ1) is 17.7. The molecule has 6 heteroatoms. The van der Waals surface area contributed by atoms with E-state index in [0.717, 1.165) is 0 Å². The molecule has 0 saturated heterocycles. The standard InChI is InChI=1S/C15H23NO4S/c1-12(2)21(18,19)14-9-6-5-8-13(14)15(17)16(3)10-7-11-20-4/h5-6,8-9,12H,7,10-11H2,1-4H3. The summed E-state index contributed by atoms with van der Waals surface area (Å²) in [6.07, 6.45) is 0.706. The van der Waals surface area contributed by atoms with Gasteiger partial charge in [0.05, 0.1) is 15.7 Å². The maximum Gasteiger partial charge on any atom is 0.254 e. The summed E-state index contributed by atoms with van der Waals surface area (Å²) in [6, 6.07) is 6.36. The van der Waals surface area contributed by atoms with E-state index in [1.807, 2.05) is 0 Å². The molecule has 0 spiro atoms. The quantitative estimate of drug-likeness (QED) is 0.722. The Morgan fingerprint density at radius 2 is 1.90 bits per heavy atom. The molecule has 1 amide bonds. The van der Waals surface area contributed by atoms with Gasteiger partial charge in [-0.3, -0.25) is 4.79 Å². The lowest BCUT2D eigenvalue weighted by atomic mass is 10.2. The van der Waals surface area contributed by atoms with Crippen LogP contribution in [0.3, 0.4) is 0 Å². The molecular weight excluding hydrogens is 290 g/mol. The Balaban J connectivity index is 3.06. The van der Waals surface area contributed by atoms with Gasteiger partial charge in [-0.2, -0.15) is 0 Å². The fourth-order valence-electron chi connectivity index (χ4n) is 1.90. The molecule has 1 aromatic rings. The van der Waals surface area contributed by atoms with E-state index in [2.05, 4.69) is 0 Å². The first-order valence-corrected chi connectivity index (χ1v) is 8.44. The largest absolute Gasteiger partial charge is 0.385 e. The van der Waals surface area contributed by atoms with Crippen LogP contribution in [0.2, 0.25) is 0 Å². The molecule has 21 heavy (non-hydrogen) atoms. The molecule has 0 aliphatic heterocycles. The van der Waals surface area contributed by atoms with Crippen molar-refractivity contribution in [1.82, 2.24) is 4.90 Å². The van der Waals surface area contributed by atoms with Gasteiger partial charge in [-0.25, -0.2) is 8.42 Å². The van der Waals surface area contributed by atoms with Gasteiger partial charge in [-0.1, -0.05) is 12.1 Å². The lowest BCUT2D eigenvalue weighted by molar-refractivity contribution is 0.0775. The number of carbonyl (C=O) groups excluding carboxylic acids is 1. The van der Waals surface area contributed by atoms with Gasteiger partial charge in [-0.15, -0.1) is 0 Å². The lowest BCUT2D eigenvalue weighted by Crippen LogP contribution is -2.30. The number of nitrogens with zero attached hydrogens (tertiary/aromatic N) is 1. The molecule has 0 fully saturated rings. The van der Waals surface area contributed by atoms with Crippen LogP contribution in [-0.2, 0) is 14.6 Å². The van der Waals surface area contributed by atoms with Crippen molar-refractivity contribution in [3.63, 3.8) is 0 Å². The molecule has 0 atom stereocenters. The van der Waals surface area contributed by atoms with Gasteiger partial charge < -0.3 is 9.64 Å². The highest BCUT2D eigenvalue weighted by molar-refractivity contribution is 7.92. The zero-order chi connectivity index (χ0) is 16.0. The maximum atomic E-state index is 12.4. The molecule has 0 aliphatic rings. The topological polar surface area (TPSA) is 63.7 Å². The number of hydrogen-bond acceptors (Lipinski definition) is 4. The summed E-state index contributed by atoms with van der Waals surface area (Å²) >= 11 is 0. The molecule has 1 rings (SSSR count). The Hall–Kier alpha value is -1.40. The van der Waals surface area contributed by atoms with Crippen LogP contribution in [0, 0.1) is 0 Å². The first-order valence-electron chi connectivity index (χ1n) is 6.89.